The summed E-state index contributed by atoms with van der Waals surface area (Å²) in [5, 5.41) is 3.40. The molecule has 1 atom stereocenters. The number of likely N-dealkylation sites (tertiary alicyclic amines) is 1. The van der Waals surface area contributed by atoms with Crippen LogP contribution in [0.5, 0.6) is 0 Å². The summed E-state index contributed by atoms with van der Waals surface area (Å²) in [5.41, 5.74) is 2.29. The lowest BCUT2D eigenvalue weighted by Gasteiger charge is -2.38. The molecule has 2 heterocycles. The second kappa shape index (κ2) is 5.73. The van der Waals surface area contributed by atoms with Gasteiger partial charge in [0.05, 0.1) is 11.4 Å². The van der Waals surface area contributed by atoms with E-state index in [1.54, 1.807) is 0 Å². The summed E-state index contributed by atoms with van der Waals surface area (Å²) in [4.78, 5) is 17.0. The van der Waals surface area contributed by atoms with E-state index in [4.69, 9.17) is 0 Å². The number of benzene rings is 1. The second-order valence-corrected chi connectivity index (χ2v) is 5.70. The van der Waals surface area contributed by atoms with E-state index >= 15 is 0 Å². The second-order valence-electron chi connectivity index (χ2n) is 5.70. The van der Waals surface area contributed by atoms with Crippen molar-refractivity contribution in [1.29, 1.82) is 0 Å². The molecule has 1 fully saturated rings. The molecule has 1 aromatic rings. The molecule has 0 saturated carbocycles. The van der Waals surface area contributed by atoms with Crippen LogP contribution in [0.2, 0.25) is 0 Å². The molecular formula is C16H23N3O. The van der Waals surface area contributed by atoms with Crippen LogP contribution in [-0.2, 0) is 4.79 Å². The average molecular weight is 273 g/mol. The summed E-state index contributed by atoms with van der Waals surface area (Å²) in [6, 6.07) is 8.18. The zero-order chi connectivity index (χ0) is 13.9. The Morgan fingerprint density at radius 3 is 2.70 bits per heavy atom. The summed E-state index contributed by atoms with van der Waals surface area (Å²) in [7, 11) is 0. The molecule has 108 valence electrons. The van der Waals surface area contributed by atoms with Gasteiger partial charge in [-0.1, -0.05) is 12.1 Å². The summed E-state index contributed by atoms with van der Waals surface area (Å²) in [6.07, 6.45) is 3.56. The lowest BCUT2D eigenvalue weighted by atomic mass is 10.1. The van der Waals surface area contributed by atoms with E-state index in [1.165, 1.54) is 6.42 Å². The Bertz CT molecular complexity index is 482. The minimum Gasteiger partial charge on any atom is -0.382 e. The van der Waals surface area contributed by atoms with E-state index in [2.05, 4.69) is 22.3 Å². The molecule has 0 aliphatic carbocycles. The Morgan fingerprint density at radius 2 is 1.90 bits per heavy atom. The van der Waals surface area contributed by atoms with Gasteiger partial charge in [0.1, 0.15) is 6.04 Å². The van der Waals surface area contributed by atoms with Crippen molar-refractivity contribution >= 4 is 17.3 Å². The zero-order valence-electron chi connectivity index (χ0n) is 12.1. The Balaban J connectivity index is 1.77. The van der Waals surface area contributed by atoms with Crippen molar-refractivity contribution in [2.45, 2.75) is 32.2 Å². The van der Waals surface area contributed by atoms with Crippen molar-refractivity contribution in [2.75, 3.05) is 36.4 Å². The first-order valence-electron chi connectivity index (χ1n) is 7.66. The lowest BCUT2D eigenvalue weighted by Crippen LogP contribution is -2.51. The van der Waals surface area contributed by atoms with Gasteiger partial charge in [-0.05, 0) is 38.3 Å². The Hall–Kier alpha value is -1.71. The fourth-order valence-corrected chi connectivity index (χ4v) is 3.22. The highest BCUT2D eigenvalue weighted by atomic mass is 16.2. The van der Waals surface area contributed by atoms with Crippen LogP contribution in [0.4, 0.5) is 11.4 Å². The number of para-hydroxylation sites is 2. The molecule has 1 amide bonds. The molecule has 0 bridgehead atoms. The van der Waals surface area contributed by atoms with Crippen LogP contribution in [0.15, 0.2) is 24.3 Å². The number of nitrogens with zero attached hydrogens (tertiary/aromatic N) is 2. The fraction of sp³-hybridized carbons (Fsp3) is 0.562. The molecule has 4 heteroatoms. The van der Waals surface area contributed by atoms with Crippen molar-refractivity contribution in [3.05, 3.63) is 24.3 Å². The van der Waals surface area contributed by atoms with Gasteiger partial charge < -0.3 is 15.1 Å². The van der Waals surface area contributed by atoms with Gasteiger partial charge in [-0.15, -0.1) is 0 Å². The third-order valence-corrected chi connectivity index (χ3v) is 4.37. The molecule has 0 aromatic heterocycles. The van der Waals surface area contributed by atoms with Gasteiger partial charge in [0, 0.05) is 26.2 Å². The first-order valence-corrected chi connectivity index (χ1v) is 7.66. The molecule has 1 aromatic carbocycles. The van der Waals surface area contributed by atoms with Gasteiger partial charge in [0.2, 0.25) is 5.91 Å². The monoisotopic (exact) mass is 273 g/mol. The van der Waals surface area contributed by atoms with Crippen LogP contribution >= 0.6 is 0 Å². The normalized spacial score (nSPS) is 20.1. The highest BCUT2D eigenvalue weighted by molar-refractivity contribution is 5.87. The summed E-state index contributed by atoms with van der Waals surface area (Å²) >= 11 is 0. The predicted molar refractivity (Wildman–Crippen MR) is 82.2 cm³/mol. The third-order valence-electron chi connectivity index (χ3n) is 4.37. The number of rotatable bonds is 2. The van der Waals surface area contributed by atoms with Crippen molar-refractivity contribution in [1.82, 2.24) is 4.90 Å². The largest absolute Gasteiger partial charge is 0.382 e. The minimum atomic E-state index is -0.0728. The van der Waals surface area contributed by atoms with Gasteiger partial charge in [0.25, 0.3) is 0 Å². The average Bonchev–Trinajstić information content (AvgIpc) is 2.54. The molecule has 2 aliphatic rings. The maximum atomic E-state index is 12.7. The number of fused-ring (bicyclic) bond motifs is 1. The highest BCUT2D eigenvalue weighted by Gasteiger charge is 2.29. The van der Waals surface area contributed by atoms with Crippen molar-refractivity contribution in [3.63, 3.8) is 0 Å². The number of hydrogen-bond acceptors (Lipinski definition) is 3. The fourth-order valence-electron chi connectivity index (χ4n) is 3.22. The van der Waals surface area contributed by atoms with Crippen LogP contribution in [0.25, 0.3) is 0 Å². The van der Waals surface area contributed by atoms with Gasteiger partial charge in [-0.3, -0.25) is 4.79 Å². The van der Waals surface area contributed by atoms with Crippen molar-refractivity contribution in [3.8, 4) is 0 Å². The molecule has 1 N–H and O–H groups in total. The van der Waals surface area contributed by atoms with Crippen molar-refractivity contribution in [2.24, 2.45) is 0 Å². The van der Waals surface area contributed by atoms with E-state index in [1.807, 2.05) is 24.0 Å². The first kappa shape index (κ1) is 13.3. The number of carbonyl (C=O) groups excluding carboxylic acids is 1. The summed E-state index contributed by atoms with van der Waals surface area (Å²) < 4.78 is 0. The van der Waals surface area contributed by atoms with Crippen molar-refractivity contribution < 1.29 is 4.79 Å². The molecule has 0 spiro atoms. The summed E-state index contributed by atoms with van der Waals surface area (Å²) in [5.74, 6) is 0.279. The van der Waals surface area contributed by atoms with Gasteiger partial charge in [0.15, 0.2) is 0 Å². The van der Waals surface area contributed by atoms with Crippen LogP contribution in [0.1, 0.15) is 26.2 Å². The maximum Gasteiger partial charge on any atom is 0.244 e. The number of piperidine rings is 1. The van der Waals surface area contributed by atoms with E-state index in [0.717, 1.165) is 50.4 Å². The Kier molecular flexibility index (Phi) is 3.81. The maximum absolute atomic E-state index is 12.7. The van der Waals surface area contributed by atoms with Gasteiger partial charge in [-0.25, -0.2) is 0 Å². The smallest absolute Gasteiger partial charge is 0.244 e. The first-order chi connectivity index (χ1) is 9.77. The minimum absolute atomic E-state index is 0.0728. The molecule has 1 unspecified atom stereocenters. The van der Waals surface area contributed by atoms with Gasteiger partial charge in [-0.2, -0.15) is 0 Å². The third kappa shape index (κ3) is 2.47. The number of anilines is 2. The van der Waals surface area contributed by atoms with E-state index in [-0.39, 0.29) is 11.9 Å². The topological polar surface area (TPSA) is 35.6 Å². The van der Waals surface area contributed by atoms with Crippen LogP contribution in [0, 0.1) is 0 Å². The molecule has 0 radical (unpaired) electrons. The standard InChI is InChI=1S/C16H23N3O/c1-13(16(20)18-10-5-2-6-11-18)19-12-9-17-14-7-3-4-8-15(14)19/h3-4,7-8,13,17H,2,5-6,9-12H2,1H3. The van der Waals surface area contributed by atoms with E-state index in [0.29, 0.717) is 0 Å². The molecule has 3 rings (SSSR count). The van der Waals surface area contributed by atoms with Crippen LogP contribution in [-0.4, -0.2) is 43.0 Å². The van der Waals surface area contributed by atoms with Crippen LogP contribution in [0.3, 0.4) is 0 Å². The highest BCUT2D eigenvalue weighted by Crippen LogP contribution is 2.30. The Labute approximate surface area is 120 Å². The SMILES string of the molecule is CC(C(=O)N1CCCCC1)N1CCNc2ccccc21. The Morgan fingerprint density at radius 1 is 1.15 bits per heavy atom. The van der Waals surface area contributed by atoms with Crippen LogP contribution < -0.4 is 10.2 Å². The van der Waals surface area contributed by atoms with E-state index < -0.39 is 0 Å². The molecule has 1 saturated heterocycles. The number of carbonyl (C=O) groups is 1. The van der Waals surface area contributed by atoms with E-state index in [9.17, 15) is 4.79 Å². The number of nitrogens with one attached hydrogen (secondary N) is 1. The number of hydrogen-bond donors (Lipinski definition) is 1. The molecular weight excluding hydrogens is 250 g/mol. The molecule has 20 heavy (non-hydrogen) atoms. The molecule has 4 nitrogen and oxygen atoms in total. The molecule has 2 aliphatic heterocycles. The summed E-state index contributed by atoms with van der Waals surface area (Å²) in [6.45, 7) is 5.68. The quantitative estimate of drug-likeness (QED) is 0.898. The predicted octanol–water partition coefficient (Wildman–Crippen LogP) is 2.32. The van der Waals surface area contributed by atoms with Gasteiger partial charge >= 0.3 is 0 Å². The zero-order valence-corrected chi connectivity index (χ0v) is 12.1. The number of amides is 1. The lowest BCUT2D eigenvalue weighted by molar-refractivity contribution is -0.133.